The molecule has 3 aromatic carbocycles. The molecule has 1 fully saturated rings. The molecule has 0 saturated carbocycles. The number of benzene rings is 3. The van der Waals surface area contributed by atoms with Gasteiger partial charge < -0.3 is 14.8 Å². The molecule has 1 atom stereocenters. The van der Waals surface area contributed by atoms with Crippen LogP contribution < -0.4 is 10.1 Å². The van der Waals surface area contributed by atoms with Gasteiger partial charge in [-0.15, -0.1) is 0 Å². The maximum absolute atomic E-state index is 12.5. The van der Waals surface area contributed by atoms with Crippen molar-refractivity contribution < 1.29 is 14.3 Å². The average molecular weight is 405 g/mol. The first kappa shape index (κ1) is 20.4. The maximum Gasteiger partial charge on any atom is 0.258 e. The van der Waals surface area contributed by atoms with Gasteiger partial charge in [-0.2, -0.15) is 0 Å². The summed E-state index contributed by atoms with van der Waals surface area (Å²) < 4.78 is 11.2. The number of rotatable bonds is 7. The summed E-state index contributed by atoms with van der Waals surface area (Å²) in [5.41, 5.74) is 2.39. The Kier molecular flexibility index (Phi) is 6.62. The van der Waals surface area contributed by atoms with E-state index >= 15 is 0 Å². The Morgan fingerprint density at radius 2 is 1.77 bits per heavy atom. The van der Waals surface area contributed by atoms with E-state index in [1.807, 2.05) is 31.2 Å². The Morgan fingerprint density at radius 3 is 2.57 bits per heavy atom. The SMILES string of the molecule is Cc1ccc(OCC(=O)NC[C@H](c2cccc3ccccc23)N2CCOCC2)cc1. The van der Waals surface area contributed by atoms with Crippen LogP contribution >= 0.6 is 0 Å². The first-order chi connectivity index (χ1) is 14.7. The highest BCUT2D eigenvalue weighted by Crippen LogP contribution is 2.28. The van der Waals surface area contributed by atoms with E-state index in [4.69, 9.17) is 9.47 Å². The Morgan fingerprint density at radius 1 is 1.03 bits per heavy atom. The highest BCUT2D eigenvalue weighted by atomic mass is 16.5. The molecule has 1 N–H and O–H groups in total. The fourth-order valence-electron chi connectivity index (χ4n) is 3.91. The minimum atomic E-state index is -0.117. The van der Waals surface area contributed by atoms with E-state index in [0.29, 0.717) is 25.5 Å². The first-order valence-electron chi connectivity index (χ1n) is 10.5. The van der Waals surface area contributed by atoms with Gasteiger partial charge >= 0.3 is 0 Å². The Balaban J connectivity index is 1.46. The van der Waals surface area contributed by atoms with E-state index < -0.39 is 0 Å². The molecule has 156 valence electrons. The van der Waals surface area contributed by atoms with Crippen molar-refractivity contribution in [3.05, 3.63) is 77.9 Å². The van der Waals surface area contributed by atoms with E-state index in [9.17, 15) is 4.79 Å². The molecule has 0 unspecified atom stereocenters. The summed E-state index contributed by atoms with van der Waals surface area (Å²) in [5, 5.41) is 5.51. The van der Waals surface area contributed by atoms with Crippen molar-refractivity contribution in [2.75, 3.05) is 39.5 Å². The predicted molar refractivity (Wildman–Crippen MR) is 119 cm³/mol. The van der Waals surface area contributed by atoms with Gasteiger partial charge in [0.15, 0.2) is 6.61 Å². The number of aryl methyl sites for hydroxylation is 1. The molecule has 0 radical (unpaired) electrons. The van der Waals surface area contributed by atoms with E-state index in [1.54, 1.807) is 0 Å². The van der Waals surface area contributed by atoms with Crippen LogP contribution in [0.2, 0.25) is 0 Å². The highest BCUT2D eigenvalue weighted by molar-refractivity contribution is 5.86. The lowest BCUT2D eigenvalue weighted by Crippen LogP contribution is -2.44. The lowest BCUT2D eigenvalue weighted by Gasteiger charge is -2.35. The number of hydrogen-bond acceptors (Lipinski definition) is 4. The second kappa shape index (κ2) is 9.74. The Hall–Kier alpha value is -2.89. The fraction of sp³-hybridized carbons (Fsp3) is 0.320. The molecule has 5 nitrogen and oxygen atoms in total. The van der Waals surface area contributed by atoms with Crippen LogP contribution in [0.15, 0.2) is 66.7 Å². The molecule has 1 aliphatic rings. The van der Waals surface area contributed by atoms with E-state index in [-0.39, 0.29) is 18.6 Å². The summed E-state index contributed by atoms with van der Waals surface area (Å²) in [6, 6.07) is 22.6. The number of carbonyl (C=O) groups excluding carboxylic acids is 1. The maximum atomic E-state index is 12.5. The van der Waals surface area contributed by atoms with Crippen LogP contribution in [0.25, 0.3) is 10.8 Å². The number of fused-ring (bicyclic) bond motifs is 1. The van der Waals surface area contributed by atoms with Crippen molar-refractivity contribution in [2.24, 2.45) is 0 Å². The molecule has 1 heterocycles. The van der Waals surface area contributed by atoms with Crippen LogP contribution in [0.3, 0.4) is 0 Å². The van der Waals surface area contributed by atoms with Crippen molar-refractivity contribution in [2.45, 2.75) is 13.0 Å². The number of amides is 1. The van der Waals surface area contributed by atoms with Crippen LogP contribution in [0, 0.1) is 6.92 Å². The van der Waals surface area contributed by atoms with Crippen LogP contribution in [-0.2, 0) is 9.53 Å². The molecule has 1 saturated heterocycles. The van der Waals surface area contributed by atoms with Crippen molar-refractivity contribution in [3.63, 3.8) is 0 Å². The summed E-state index contributed by atoms with van der Waals surface area (Å²) in [5.74, 6) is 0.587. The number of ether oxygens (including phenoxy) is 2. The zero-order valence-electron chi connectivity index (χ0n) is 17.3. The summed E-state index contributed by atoms with van der Waals surface area (Å²) in [7, 11) is 0. The number of hydrogen-bond donors (Lipinski definition) is 1. The van der Waals surface area contributed by atoms with Crippen molar-refractivity contribution in [3.8, 4) is 5.75 Å². The van der Waals surface area contributed by atoms with Gasteiger partial charge in [0.1, 0.15) is 5.75 Å². The van der Waals surface area contributed by atoms with E-state index in [0.717, 1.165) is 18.7 Å². The number of nitrogens with zero attached hydrogens (tertiary/aromatic N) is 1. The molecular formula is C25H28N2O3. The van der Waals surface area contributed by atoms with Gasteiger partial charge in [-0.3, -0.25) is 9.69 Å². The quantitative estimate of drug-likeness (QED) is 0.652. The van der Waals surface area contributed by atoms with Gasteiger partial charge in [-0.25, -0.2) is 0 Å². The van der Waals surface area contributed by atoms with Crippen LogP contribution in [0.4, 0.5) is 0 Å². The van der Waals surface area contributed by atoms with Crippen molar-refractivity contribution >= 4 is 16.7 Å². The monoisotopic (exact) mass is 404 g/mol. The van der Waals surface area contributed by atoms with Gasteiger partial charge in [0.05, 0.1) is 19.3 Å². The molecule has 1 aliphatic heterocycles. The average Bonchev–Trinajstić information content (AvgIpc) is 2.79. The predicted octanol–water partition coefficient (Wildman–Crippen LogP) is 3.72. The molecular weight excluding hydrogens is 376 g/mol. The van der Waals surface area contributed by atoms with Crippen molar-refractivity contribution in [1.82, 2.24) is 10.2 Å². The van der Waals surface area contributed by atoms with Gasteiger partial charge in [0, 0.05) is 19.6 Å². The second-order valence-corrected chi connectivity index (χ2v) is 7.64. The molecule has 1 amide bonds. The standard InChI is InChI=1S/C25H28N2O3/c1-19-9-11-21(12-10-19)30-18-25(28)26-17-24(27-13-15-29-16-14-27)23-8-4-6-20-5-2-3-7-22(20)23/h2-12,24H,13-18H2,1H3,(H,26,28)/t24-/m1/s1. The fourth-order valence-corrected chi connectivity index (χ4v) is 3.91. The summed E-state index contributed by atoms with van der Waals surface area (Å²) in [6.07, 6.45) is 0. The second-order valence-electron chi connectivity index (χ2n) is 7.64. The van der Waals surface area contributed by atoms with Crippen LogP contribution in [0.5, 0.6) is 5.75 Å². The molecule has 3 aromatic rings. The minimum absolute atomic E-state index is 0.00836. The minimum Gasteiger partial charge on any atom is -0.484 e. The zero-order chi connectivity index (χ0) is 20.8. The van der Waals surface area contributed by atoms with Gasteiger partial charge in [-0.05, 0) is 35.4 Å². The normalized spacial score (nSPS) is 15.6. The molecule has 4 rings (SSSR count). The van der Waals surface area contributed by atoms with Gasteiger partial charge in [-0.1, -0.05) is 60.2 Å². The summed E-state index contributed by atoms with van der Waals surface area (Å²) in [4.78, 5) is 14.9. The molecule has 0 bridgehead atoms. The Bertz CT molecular complexity index is 976. The third-order valence-corrected chi connectivity index (χ3v) is 5.55. The molecule has 0 aliphatic carbocycles. The van der Waals surface area contributed by atoms with Gasteiger partial charge in [0.25, 0.3) is 5.91 Å². The summed E-state index contributed by atoms with van der Waals surface area (Å²) in [6.45, 7) is 5.69. The van der Waals surface area contributed by atoms with Crippen LogP contribution in [-0.4, -0.2) is 50.3 Å². The highest BCUT2D eigenvalue weighted by Gasteiger charge is 2.24. The Labute approximate surface area is 177 Å². The third kappa shape index (κ3) is 4.99. The van der Waals surface area contributed by atoms with Crippen LogP contribution in [0.1, 0.15) is 17.2 Å². The topological polar surface area (TPSA) is 50.8 Å². The smallest absolute Gasteiger partial charge is 0.258 e. The lowest BCUT2D eigenvalue weighted by molar-refractivity contribution is -0.123. The van der Waals surface area contributed by atoms with E-state index in [2.05, 4.69) is 52.7 Å². The molecule has 5 heteroatoms. The summed E-state index contributed by atoms with van der Waals surface area (Å²) >= 11 is 0. The zero-order valence-corrected chi connectivity index (χ0v) is 17.3. The van der Waals surface area contributed by atoms with Gasteiger partial charge in [0.2, 0.25) is 0 Å². The number of nitrogens with one attached hydrogen (secondary N) is 1. The number of carbonyl (C=O) groups is 1. The number of morpholine rings is 1. The molecule has 30 heavy (non-hydrogen) atoms. The molecule has 0 spiro atoms. The first-order valence-corrected chi connectivity index (χ1v) is 10.5. The third-order valence-electron chi connectivity index (χ3n) is 5.55. The van der Waals surface area contributed by atoms with Crippen molar-refractivity contribution in [1.29, 1.82) is 0 Å². The lowest BCUT2D eigenvalue weighted by atomic mass is 9.97. The van der Waals surface area contributed by atoms with E-state index in [1.165, 1.54) is 16.3 Å². The largest absolute Gasteiger partial charge is 0.484 e. The molecule has 0 aromatic heterocycles.